The smallest absolute Gasteiger partial charge is 0.120 e. The monoisotopic (exact) mass is 342 g/mol. The molecule has 3 heteroatoms. The van der Waals surface area contributed by atoms with Crippen LogP contribution in [0.3, 0.4) is 0 Å². The Kier molecular flexibility index (Phi) is 3.68. The van der Waals surface area contributed by atoms with Crippen molar-refractivity contribution in [3.63, 3.8) is 0 Å². The molecule has 0 fully saturated rings. The van der Waals surface area contributed by atoms with Crippen LogP contribution in [0.25, 0.3) is 21.7 Å². The van der Waals surface area contributed by atoms with Crippen LogP contribution in [0.5, 0.6) is 5.75 Å². The summed E-state index contributed by atoms with van der Waals surface area (Å²) in [4.78, 5) is 3.66. The molecule has 1 unspecified atom stereocenters. The highest BCUT2D eigenvalue weighted by Gasteiger charge is 2.25. The molecule has 1 atom stereocenters. The number of ether oxygens (including phenoxy) is 1. The Morgan fingerprint density at radius 2 is 1.88 bits per heavy atom. The van der Waals surface area contributed by atoms with Gasteiger partial charge in [0.1, 0.15) is 5.75 Å². The second-order valence-corrected chi connectivity index (χ2v) is 6.90. The summed E-state index contributed by atoms with van der Waals surface area (Å²) in [7, 11) is 0. The molecular formula is C23H22N2O. The van der Waals surface area contributed by atoms with Gasteiger partial charge in [-0.1, -0.05) is 36.4 Å². The van der Waals surface area contributed by atoms with Crippen LogP contribution in [-0.4, -0.2) is 18.1 Å². The van der Waals surface area contributed by atoms with Crippen molar-refractivity contribution < 1.29 is 4.74 Å². The van der Waals surface area contributed by atoms with E-state index in [9.17, 15) is 0 Å². The summed E-state index contributed by atoms with van der Waals surface area (Å²) in [5.41, 5.74) is 5.20. The Hall–Kier alpha value is -2.78. The Morgan fingerprint density at radius 3 is 2.77 bits per heavy atom. The van der Waals surface area contributed by atoms with Crippen LogP contribution < -0.4 is 10.1 Å². The first kappa shape index (κ1) is 15.5. The van der Waals surface area contributed by atoms with E-state index in [1.165, 1.54) is 38.5 Å². The van der Waals surface area contributed by atoms with Gasteiger partial charge in [0, 0.05) is 23.1 Å². The number of fused-ring (bicyclic) bond motifs is 4. The van der Waals surface area contributed by atoms with Crippen LogP contribution in [-0.2, 0) is 6.42 Å². The quantitative estimate of drug-likeness (QED) is 0.552. The van der Waals surface area contributed by atoms with Gasteiger partial charge in [0.05, 0.1) is 12.6 Å². The Labute approximate surface area is 153 Å². The molecule has 0 amide bonds. The van der Waals surface area contributed by atoms with Gasteiger partial charge in [-0.05, 0) is 59.5 Å². The van der Waals surface area contributed by atoms with Gasteiger partial charge in [-0.2, -0.15) is 0 Å². The number of aromatic amines is 1. The van der Waals surface area contributed by atoms with Crippen LogP contribution in [0.2, 0.25) is 0 Å². The third-order valence-electron chi connectivity index (χ3n) is 5.34. The summed E-state index contributed by atoms with van der Waals surface area (Å²) in [6.07, 6.45) is 1.04. The fraction of sp³-hybridized carbons (Fsp3) is 0.217. The van der Waals surface area contributed by atoms with E-state index in [1.54, 1.807) is 0 Å². The van der Waals surface area contributed by atoms with Crippen LogP contribution in [0.1, 0.15) is 29.8 Å². The summed E-state index contributed by atoms with van der Waals surface area (Å²) in [5, 5.41) is 7.55. The minimum atomic E-state index is 0.200. The number of aromatic nitrogens is 1. The van der Waals surface area contributed by atoms with Gasteiger partial charge in [0.25, 0.3) is 0 Å². The fourth-order valence-electron chi connectivity index (χ4n) is 4.14. The molecule has 2 heterocycles. The zero-order valence-corrected chi connectivity index (χ0v) is 14.9. The van der Waals surface area contributed by atoms with Gasteiger partial charge in [-0.3, -0.25) is 0 Å². The van der Waals surface area contributed by atoms with Crippen molar-refractivity contribution in [1.82, 2.24) is 10.3 Å². The van der Waals surface area contributed by atoms with Crippen LogP contribution >= 0.6 is 0 Å². The molecule has 4 aromatic rings. The highest BCUT2D eigenvalue weighted by atomic mass is 16.5. The average molecular weight is 342 g/mol. The van der Waals surface area contributed by atoms with Crippen LogP contribution in [0.4, 0.5) is 0 Å². The molecule has 0 radical (unpaired) electrons. The van der Waals surface area contributed by atoms with Crippen molar-refractivity contribution in [2.75, 3.05) is 13.2 Å². The third-order valence-corrected chi connectivity index (χ3v) is 5.34. The molecule has 0 bridgehead atoms. The van der Waals surface area contributed by atoms with Crippen LogP contribution in [0.15, 0.2) is 60.7 Å². The second-order valence-electron chi connectivity index (χ2n) is 6.90. The number of hydrogen-bond donors (Lipinski definition) is 2. The first-order chi connectivity index (χ1) is 12.8. The second kappa shape index (κ2) is 6.19. The van der Waals surface area contributed by atoms with Crippen molar-refractivity contribution in [3.05, 3.63) is 77.5 Å². The summed E-state index contributed by atoms with van der Waals surface area (Å²) in [6, 6.07) is 21.9. The molecule has 0 spiro atoms. The van der Waals surface area contributed by atoms with Crippen molar-refractivity contribution in [2.24, 2.45) is 0 Å². The zero-order valence-electron chi connectivity index (χ0n) is 14.9. The molecule has 2 N–H and O–H groups in total. The Bertz CT molecular complexity index is 1100. The highest BCUT2D eigenvalue weighted by molar-refractivity contribution is 5.87. The summed E-state index contributed by atoms with van der Waals surface area (Å²) in [5.74, 6) is 0.947. The molecule has 1 aliphatic rings. The zero-order chi connectivity index (χ0) is 17.5. The molecule has 0 aliphatic carbocycles. The maximum atomic E-state index is 5.70. The van der Waals surface area contributed by atoms with Crippen LogP contribution in [0, 0.1) is 0 Å². The molecule has 3 nitrogen and oxygen atoms in total. The van der Waals surface area contributed by atoms with Gasteiger partial charge in [0.2, 0.25) is 0 Å². The average Bonchev–Trinajstić information content (AvgIpc) is 3.06. The molecule has 1 aliphatic heterocycles. The lowest BCUT2D eigenvalue weighted by molar-refractivity contribution is 0.340. The lowest BCUT2D eigenvalue weighted by atomic mass is 9.93. The molecule has 130 valence electrons. The van der Waals surface area contributed by atoms with Crippen molar-refractivity contribution in [2.45, 2.75) is 19.4 Å². The van der Waals surface area contributed by atoms with E-state index in [-0.39, 0.29) is 6.04 Å². The minimum absolute atomic E-state index is 0.200. The first-order valence-electron chi connectivity index (χ1n) is 9.33. The van der Waals surface area contributed by atoms with Crippen molar-refractivity contribution in [3.8, 4) is 5.75 Å². The van der Waals surface area contributed by atoms with E-state index in [0.29, 0.717) is 6.61 Å². The predicted molar refractivity (Wildman–Crippen MR) is 107 cm³/mol. The maximum absolute atomic E-state index is 5.70. The molecular weight excluding hydrogens is 320 g/mol. The summed E-state index contributed by atoms with van der Waals surface area (Å²) < 4.78 is 5.70. The van der Waals surface area contributed by atoms with E-state index in [0.717, 1.165) is 18.7 Å². The number of hydrogen-bond acceptors (Lipinski definition) is 2. The Morgan fingerprint density at radius 1 is 1.00 bits per heavy atom. The SMILES string of the molecule is CCOc1ccc2[nH]c3c(c2c1)CCNC3c1ccc2ccccc2c1. The van der Waals surface area contributed by atoms with Gasteiger partial charge in [-0.15, -0.1) is 0 Å². The van der Waals surface area contributed by atoms with Gasteiger partial charge >= 0.3 is 0 Å². The van der Waals surface area contributed by atoms with Crippen molar-refractivity contribution in [1.29, 1.82) is 0 Å². The predicted octanol–water partition coefficient (Wildman–Crippen LogP) is 4.95. The molecule has 5 rings (SSSR count). The van der Waals surface area contributed by atoms with Gasteiger partial charge in [0.15, 0.2) is 0 Å². The number of nitrogens with one attached hydrogen (secondary N) is 2. The molecule has 1 aromatic heterocycles. The number of H-pyrrole nitrogens is 1. The Balaban J connectivity index is 1.63. The molecule has 0 saturated heterocycles. The first-order valence-corrected chi connectivity index (χ1v) is 9.33. The highest BCUT2D eigenvalue weighted by Crippen LogP contribution is 2.35. The van der Waals surface area contributed by atoms with E-state index in [2.05, 4.69) is 64.9 Å². The normalized spacial score (nSPS) is 16.7. The van der Waals surface area contributed by atoms with E-state index >= 15 is 0 Å². The standard InChI is InChI=1S/C23H22N2O/c1-2-26-18-9-10-21-20(14-18)19-11-12-24-22(23(19)25-21)17-8-7-15-5-3-4-6-16(15)13-17/h3-10,13-14,22,24-25H,2,11-12H2,1H3. The maximum Gasteiger partial charge on any atom is 0.120 e. The molecule has 26 heavy (non-hydrogen) atoms. The van der Waals surface area contributed by atoms with Gasteiger partial charge < -0.3 is 15.0 Å². The summed E-state index contributed by atoms with van der Waals surface area (Å²) in [6.45, 7) is 3.70. The molecule has 0 saturated carbocycles. The van der Waals surface area contributed by atoms with E-state index in [1.807, 2.05) is 13.0 Å². The third kappa shape index (κ3) is 2.47. The number of rotatable bonds is 3. The van der Waals surface area contributed by atoms with Crippen molar-refractivity contribution >= 4 is 21.7 Å². The largest absolute Gasteiger partial charge is 0.494 e. The lowest BCUT2D eigenvalue weighted by Crippen LogP contribution is -2.30. The number of benzene rings is 3. The summed E-state index contributed by atoms with van der Waals surface area (Å²) >= 11 is 0. The van der Waals surface area contributed by atoms with E-state index in [4.69, 9.17) is 4.74 Å². The fourth-order valence-corrected chi connectivity index (χ4v) is 4.14. The molecule has 3 aromatic carbocycles. The topological polar surface area (TPSA) is 37.0 Å². The lowest BCUT2D eigenvalue weighted by Gasteiger charge is -2.25. The van der Waals surface area contributed by atoms with Gasteiger partial charge in [-0.25, -0.2) is 0 Å². The van der Waals surface area contributed by atoms with E-state index < -0.39 is 0 Å². The minimum Gasteiger partial charge on any atom is -0.494 e.